The van der Waals surface area contributed by atoms with E-state index in [-0.39, 0.29) is 12.1 Å². The number of carboxylic acids is 1. The first-order valence-electron chi connectivity index (χ1n) is 5.90. The van der Waals surface area contributed by atoms with Gasteiger partial charge in [-0.2, -0.15) is 11.8 Å². The quantitative estimate of drug-likeness (QED) is 0.707. The molecule has 2 aliphatic carbocycles. The first-order chi connectivity index (χ1) is 8.05. The van der Waals surface area contributed by atoms with Gasteiger partial charge in [-0.3, -0.25) is 0 Å². The zero-order valence-corrected chi connectivity index (χ0v) is 10.7. The van der Waals surface area contributed by atoms with Crippen molar-refractivity contribution in [1.29, 1.82) is 0 Å². The minimum Gasteiger partial charge on any atom is -0.480 e. The lowest BCUT2D eigenvalue weighted by Gasteiger charge is -2.17. The predicted molar refractivity (Wildman–Crippen MR) is 66.2 cm³/mol. The number of urea groups is 1. The molecule has 3 N–H and O–H groups in total. The number of hydrogen-bond donors (Lipinski definition) is 3. The van der Waals surface area contributed by atoms with Gasteiger partial charge in [0.15, 0.2) is 0 Å². The van der Waals surface area contributed by atoms with Crippen LogP contribution in [0.25, 0.3) is 0 Å². The number of carbonyl (C=O) groups is 2. The maximum absolute atomic E-state index is 11.7. The molecule has 2 aliphatic rings. The summed E-state index contributed by atoms with van der Waals surface area (Å²) < 4.78 is 0. The fraction of sp³-hybridized carbons (Fsp3) is 0.818. The van der Waals surface area contributed by atoms with E-state index < -0.39 is 11.5 Å². The van der Waals surface area contributed by atoms with Crippen molar-refractivity contribution in [2.24, 2.45) is 0 Å². The zero-order chi connectivity index (χ0) is 12.5. The molecule has 2 atom stereocenters. The van der Waals surface area contributed by atoms with E-state index in [1.54, 1.807) is 0 Å². The second kappa shape index (κ2) is 4.76. The molecule has 2 unspecified atom stereocenters. The molecular weight excluding hydrogens is 240 g/mol. The molecule has 0 bridgehead atoms. The predicted octanol–water partition coefficient (Wildman–Crippen LogP) is 1.19. The van der Waals surface area contributed by atoms with Crippen molar-refractivity contribution >= 4 is 23.8 Å². The molecule has 2 amide bonds. The highest BCUT2D eigenvalue weighted by molar-refractivity contribution is 7.99. The van der Waals surface area contributed by atoms with Crippen LogP contribution in [-0.2, 0) is 4.79 Å². The third kappa shape index (κ3) is 2.86. The average Bonchev–Trinajstić information content (AvgIpc) is 2.91. The van der Waals surface area contributed by atoms with Crippen molar-refractivity contribution in [1.82, 2.24) is 10.6 Å². The fourth-order valence-corrected chi connectivity index (χ4v) is 3.04. The molecule has 5 nitrogen and oxygen atoms in total. The summed E-state index contributed by atoms with van der Waals surface area (Å²) in [6, 6.07) is -0.145. The molecule has 6 heteroatoms. The van der Waals surface area contributed by atoms with Gasteiger partial charge in [-0.1, -0.05) is 0 Å². The van der Waals surface area contributed by atoms with Gasteiger partial charge in [0.25, 0.3) is 0 Å². The van der Waals surface area contributed by atoms with Crippen LogP contribution < -0.4 is 10.6 Å². The number of carboxylic acid groups (broad SMARTS) is 1. The molecule has 2 fully saturated rings. The largest absolute Gasteiger partial charge is 0.480 e. The van der Waals surface area contributed by atoms with Crippen molar-refractivity contribution in [2.45, 2.75) is 48.9 Å². The normalized spacial score (nSPS) is 29.7. The molecule has 0 aromatic heterocycles. The lowest BCUT2D eigenvalue weighted by atomic mass is 10.2. The lowest BCUT2D eigenvalue weighted by Crippen LogP contribution is -2.50. The van der Waals surface area contributed by atoms with E-state index in [4.69, 9.17) is 5.11 Å². The minimum absolute atomic E-state index is 0.192. The van der Waals surface area contributed by atoms with E-state index in [1.807, 2.05) is 11.8 Å². The number of thioether (sulfide) groups is 1. The van der Waals surface area contributed by atoms with E-state index >= 15 is 0 Å². The monoisotopic (exact) mass is 258 g/mol. The summed E-state index contributed by atoms with van der Waals surface area (Å²) in [5.74, 6) is -0.930. The highest BCUT2D eigenvalue weighted by atomic mass is 32.2. The van der Waals surface area contributed by atoms with Crippen molar-refractivity contribution in [3.8, 4) is 0 Å². The van der Waals surface area contributed by atoms with Crippen LogP contribution in [0.1, 0.15) is 32.1 Å². The molecule has 17 heavy (non-hydrogen) atoms. The molecule has 2 rings (SSSR count). The summed E-state index contributed by atoms with van der Waals surface area (Å²) in [5.41, 5.74) is -0.985. The van der Waals surface area contributed by atoms with Crippen LogP contribution in [0.5, 0.6) is 0 Å². The third-order valence-corrected chi connectivity index (χ3v) is 4.66. The number of nitrogens with one attached hydrogen (secondary N) is 2. The Labute approximate surface area is 105 Å². The van der Waals surface area contributed by atoms with Crippen LogP contribution in [0.2, 0.25) is 0 Å². The van der Waals surface area contributed by atoms with E-state index in [9.17, 15) is 9.59 Å². The Morgan fingerprint density at radius 3 is 2.53 bits per heavy atom. The summed E-state index contributed by atoms with van der Waals surface area (Å²) in [5, 5.41) is 15.0. The second-order valence-electron chi connectivity index (χ2n) is 4.85. The molecule has 0 aliphatic heterocycles. The number of aliphatic carboxylic acids is 1. The Morgan fingerprint density at radius 1 is 1.35 bits per heavy atom. The van der Waals surface area contributed by atoms with E-state index in [2.05, 4.69) is 16.9 Å². The van der Waals surface area contributed by atoms with Gasteiger partial charge >= 0.3 is 12.0 Å². The van der Waals surface area contributed by atoms with E-state index in [0.29, 0.717) is 18.1 Å². The summed E-state index contributed by atoms with van der Waals surface area (Å²) in [4.78, 5) is 22.6. The first kappa shape index (κ1) is 12.5. The fourth-order valence-electron chi connectivity index (χ4n) is 2.24. The van der Waals surface area contributed by atoms with Gasteiger partial charge in [-0.05, 0) is 38.4 Å². The molecule has 0 spiro atoms. The Morgan fingerprint density at radius 2 is 2.06 bits per heavy atom. The highest BCUT2D eigenvalue weighted by Crippen LogP contribution is 2.35. The Hall–Kier alpha value is -0.910. The Kier molecular flexibility index (Phi) is 3.51. The molecular formula is C11H18N2O3S. The SMILES string of the molecule is CSC1CCC(NC(=O)NC2(C(=O)O)CC2)C1. The standard InChI is InChI=1S/C11H18N2O3S/c1-17-8-3-2-7(6-8)12-10(16)13-11(4-5-11)9(14)15/h7-8H,2-6H2,1H3,(H,14,15)(H2,12,13,16). The highest BCUT2D eigenvalue weighted by Gasteiger charge is 2.51. The third-order valence-electron chi connectivity index (χ3n) is 3.57. The molecule has 0 heterocycles. The first-order valence-corrected chi connectivity index (χ1v) is 7.19. The molecule has 0 aromatic carbocycles. The Balaban J connectivity index is 1.77. The minimum atomic E-state index is -0.985. The molecule has 0 saturated heterocycles. The van der Waals surface area contributed by atoms with Gasteiger partial charge in [0.1, 0.15) is 5.54 Å². The van der Waals surface area contributed by atoms with E-state index in [0.717, 1.165) is 19.3 Å². The maximum atomic E-state index is 11.7. The van der Waals surface area contributed by atoms with Crippen molar-refractivity contribution in [3.05, 3.63) is 0 Å². The Bertz CT molecular complexity index is 331. The van der Waals surface area contributed by atoms with Crippen molar-refractivity contribution in [3.63, 3.8) is 0 Å². The molecule has 0 radical (unpaired) electrons. The average molecular weight is 258 g/mol. The molecule has 96 valence electrons. The smallest absolute Gasteiger partial charge is 0.329 e. The lowest BCUT2D eigenvalue weighted by molar-refractivity contribution is -0.140. The van der Waals surface area contributed by atoms with Crippen LogP contribution in [0.3, 0.4) is 0 Å². The summed E-state index contributed by atoms with van der Waals surface area (Å²) in [6.07, 6.45) is 6.24. The van der Waals surface area contributed by atoms with Gasteiger partial charge < -0.3 is 15.7 Å². The van der Waals surface area contributed by atoms with Gasteiger partial charge in [-0.25, -0.2) is 9.59 Å². The van der Waals surface area contributed by atoms with Gasteiger partial charge in [0, 0.05) is 11.3 Å². The van der Waals surface area contributed by atoms with Gasteiger partial charge in [-0.15, -0.1) is 0 Å². The maximum Gasteiger partial charge on any atom is 0.329 e. The van der Waals surface area contributed by atoms with Crippen LogP contribution in [-0.4, -0.2) is 40.2 Å². The van der Waals surface area contributed by atoms with Crippen LogP contribution >= 0.6 is 11.8 Å². The van der Waals surface area contributed by atoms with Crippen LogP contribution in [0.15, 0.2) is 0 Å². The summed E-state index contributed by atoms with van der Waals surface area (Å²) >= 11 is 1.83. The molecule has 0 aromatic rings. The van der Waals surface area contributed by atoms with E-state index in [1.165, 1.54) is 0 Å². The number of hydrogen-bond acceptors (Lipinski definition) is 3. The van der Waals surface area contributed by atoms with Crippen LogP contribution in [0.4, 0.5) is 4.79 Å². The van der Waals surface area contributed by atoms with Crippen molar-refractivity contribution < 1.29 is 14.7 Å². The topological polar surface area (TPSA) is 78.4 Å². The van der Waals surface area contributed by atoms with Gasteiger partial charge in [0.2, 0.25) is 0 Å². The van der Waals surface area contributed by atoms with Crippen LogP contribution in [0, 0.1) is 0 Å². The molecule has 2 saturated carbocycles. The van der Waals surface area contributed by atoms with Crippen molar-refractivity contribution in [2.75, 3.05) is 6.26 Å². The number of rotatable bonds is 4. The second-order valence-corrected chi connectivity index (χ2v) is 5.99. The number of carbonyl (C=O) groups excluding carboxylic acids is 1. The zero-order valence-electron chi connectivity index (χ0n) is 9.86. The summed E-state index contributed by atoms with van der Waals surface area (Å²) in [7, 11) is 0. The van der Waals surface area contributed by atoms with Gasteiger partial charge in [0.05, 0.1) is 0 Å². The number of amides is 2. The summed E-state index contributed by atoms with van der Waals surface area (Å²) in [6.45, 7) is 0.